The number of fused-ring (bicyclic) bond motifs is 3. The van der Waals surface area contributed by atoms with Crippen molar-refractivity contribution in [1.82, 2.24) is 3.97 Å². The lowest BCUT2D eigenvalue weighted by atomic mass is 10.2. The van der Waals surface area contributed by atoms with E-state index in [0.29, 0.717) is 17.1 Å². The molecule has 3 nitrogen and oxygen atoms in total. The minimum absolute atomic E-state index is 0.255. The van der Waals surface area contributed by atoms with Gasteiger partial charge in [-0.3, -0.25) is 0 Å². The van der Waals surface area contributed by atoms with E-state index >= 15 is 0 Å². The second-order valence-corrected chi connectivity index (χ2v) is 7.33. The quantitative estimate of drug-likeness (QED) is 0.551. The van der Waals surface area contributed by atoms with Gasteiger partial charge in [0.05, 0.1) is 17.3 Å². The molecular weight excluding hydrogens is 306 g/mol. The van der Waals surface area contributed by atoms with Gasteiger partial charge in [-0.15, -0.1) is 0 Å². The molecule has 0 bridgehead atoms. The van der Waals surface area contributed by atoms with Crippen LogP contribution < -0.4 is 0 Å². The van der Waals surface area contributed by atoms with E-state index in [1.807, 2.05) is 25.1 Å². The normalized spacial score (nSPS) is 12.7. The molecule has 0 fully saturated rings. The van der Waals surface area contributed by atoms with Crippen LogP contribution in [0.1, 0.15) is 6.93 Å². The van der Waals surface area contributed by atoms with E-state index < -0.39 is 10.0 Å². The van der Waals surface area contributed by atoms with Gasteiger partial charge in [0.2, 0.25) is 0 Å². The van der Waals surface area contributed by atoms with Gasteiger partial charge in [0.15, 0.2) is 0 Å². The first kappa shape index (κ1) is 12.9. The zero-order chi connectivity index (χ0) is 16.9. The average Bonchev–Trinajstić information content (AvgIpc) is 2.90. The number of para-hydroxylation sites is 2. The Morgan fingerprint density at radius 2 is 1.43 bits per heavy atom. The molecule has 0 spiro atoms. The smallest absolute Gasteiger partial charge is 0.233 e. The number of benzene rings is 3. The van der Waals surface area contributed by atoms with Gasteiger partial charge in [-0.1, -0.05) is 54.1 Å². The standard InChI is InChI=1S/C19H15NO2S/c1-14-10-12-15(13-11-14)23(21,22)20-18-8-4-2-6-16(18)17-7-3-5-9-19(17)20/h2-13H,1H3/i2D. The zero-order valence-electron chi connectivity index (χ0n) is 13.5. The van der Waals surface area contributed by atoms with Crippen LogP contribution in [0.15, 0.2) is 77.7 Å². The van der Waals surface area contributed by atoms with Crippen LogP contribution in [0.4, 0.5) is 0 Å². The van der Waals surface area contributed by atoms with E-state index in [0.717, 1.165) is 16.3 Å². The van der Waals surface area contributed by atoms with Crippen molar-refractivity contribution in [3.8, 4) is 0 Å². The number of aryl methyl sites for hydroxylation is 1. The fourth-order valence-corrected chi connectivity index (χ4v) is 4.43. The van der Waals surface area contributed by atoms with Crippen LogP contribution in [0.5, 0.6) is 0 Å². The summed E-state index contributed by atoms with van der Waals surface area (Å²) in [5, 5.41) is 1.60. The fourth-order valence-electron chi connectivity index (χ4n) is 2.90. The van der Waals surface area contributed by atoms with Crippen molar-refractivity contribution >= 4 is 31.8 Å². The molecule has 1 heterocycles. The number of hydrogen-bond donors (Lipinski definition) is 0. The van der Waals surface area contributed by atoms with Crippen molar-refractivity contribution in [2.45, 2.75) is 11.8 Å². The predicted molar refractivity (Wildman–Crippen MR) is 93.2 cm³/mol. The zero-order valence-corrected chi connectivity index (χ0v) is 13.3. The third-order valence-electron chi connectivity index (χ3n) is 4.03. The summed E-state index contributed by atoms with van der Waals surface area (Å²) >= 11 is 0. The maximum atomic E-state index is 13.2. The van der Waals surface area contributed by atoms with E-state index in [1.165, 1.54) is 3.97 Å². The van der Waals surface area contributed by atoms with Crippen molar-refractivity contribution in [2.24, 2.45) is 0 Å². The van der Waals surface area contributed by atoms with Crippen LogP contribution in [-0.4, -0.2) is 12.4 Å². The van der Waals surface area contributed by atoms with E-state index in [4.69, 9.17) is 1.37 Å². The Labute approximate surface area is 136 Å². The lowest BCUT2D eigenvalue weighted by molar-refractivity contribution is 0.590. The number of hydrogen-bond acceptors (Lipinski definition) is 2. The summed E-state index contributed by atoms with van der Waals surface area (Å²) in [6.45, 7) is 1.92. The van der Waals surface area contributed by atoms with Crippen LogP contribution >= 0.6 is 0 Å². The van der Waals surface area contributed by atoms with Gasteiger partial charge in [0, 0.05) is 10.8 Å². The molecule has 0 amide bonds. The number of aromatic nitrogens is 1. The molecule has 4 aromatic rings. The van der Waals surface area contributed by atoms with E-state index in [-0.39, 0.29) is 4.90 Å². The highest BCUT2D eigenvalue weighted by Gasteiger charge is 2.22. The molecule has 114 valence electrons. The molecule has 4 rings (SSSR count). The summed E-state index contributed by atoms with van der Waals surface area (Å²) < 4.78 is 35.7. The third kappa shape index (κ3) is 2.06. The predicted octanol–water partition coefficient (Wildman–Crippen LogP) is 4.34. The van der Waals surface area contributed by atoms with Crippen LogP contribution in [0, 0.1) is 6.92 Å². The summed E-state index contributed by atoms with van der Waals surface area (Å²) in [6.07, 6.45) is 0. The van der Waals surface area contributed by atoms with Crippen molar-refractivity contribution in [2.75, 3.05) is 0 Å². The number of nitrogens with zero attached hydrogens (tertiary/aromatic N) is 1. The van der Waals surface area contributed by atoms with Crippen LogP contribution in [0.3, 0.4) is 0 Å². The minimum atomic E-state index is -3.72. The largest absolute Gasteiger partial charge is 0.268 e. The molecule has 0 saturated heterocycles. The fraction of sp³-hybridized carbons (Fsp3) is 0.0526. The average molecular weight is 322 g/mol. The van der Waals surface area contributed by atoms with Crippen molar-refractivity contribution in [3.63, 3.8) is 0 Å². The molecule has 4 heteroatoms. The minimum Gasteiger partial charge on any atom is -0.233 e. The molecular formula is C19H15NO2S. The van der Waals surface area contributed by atoms with Gasteiger partial charge in [-0.2, -0.15) is 0 Å². The molecule has 0 unspecified atom stereocenters. The Morgan fingerprint density at radius 1 is 0.826 bits per heavy atom. The van der Waals surface area contributed by atoms with Gasteiger partial charge >= 0.3 is 0 Å². The molecule has 0 aliphatic rings. The topological polar surface area (TPSA) is 39.1 Å². The lowest BCUT2D eigenvalue weighted by Gasteiger charge is -2.09. The molecule has 3 aromatic carbocycles. The molecule has 1 aromatic heterocycles. The highest BCUT2D eigenvalue weighted by atomic mass is 32.2. The van der Waals surface area contributed by atoms with Crippen molar-refractivity contribution in [1.29, 1.82) is 0 Å². The van der Waals surface area contributed by atoms with Crippen LogP contribution in [-0.2, 0) is 10.0 Å². The summed E-state index contributed by atoms with van der Waals surface area (Å²) in [7, 11) is -3.72. The molecule has 0 aliphatic heterocycles. The van der Waals surface area contributed by atoms with E-state index in [2.05, 4.69) is 0 Å². The maximum Gasteiger partial charge on any atom is 0.268 e. The van der Waals surface area contributed by atoms with Gasteiger partial charge < -0.3 is 0 Å². The lowest BCUT2D eigenvalue weighted by Crippen LogP contribution is -2.12. The monoisotopic (exact) mass is 322 g/mol. The van der Waals surface area contributed by atoms with Crippen molar-refractivity contribution < 1.29 is 9.79 Å². The first-order valence-corrected chi connectivity index (χ1v) is 8.74. The van der Waals surface area contributed by atoms with Gasteiger partial charge in [0.25, 0.3) is 10.0 Å². The van der Waals surface area contributed by atoms with Crippen LogP contribution in [0.25, 0.3) is 21.8 Å². The Morgan fingerprint density at radius 3 is 2.17 bits per heavy atom. The van der Waals surface area contributed by atoms with Gasteiger partial charge in [-0.05, 0) is 31.2 Å². The highest BCUT2D eigenvalue weighted by Crippen LogP contribution is 2.32. The summed E-state index contributed by atoms with van der Waals surface area (Å²) in [6, 6.07) is 19.6. The summed E-state index contributed by atoms with van der Waals surface area (Å²) in [5.74, 6) is 0. The summed E-state index contributed by atoms with van der Waals surface area (Å²) in [5.41, 5.74) is 2.22. The first-order valence-electron chi connectivity index (χ1n) is 7.80. The maximum absolute atomic E-state index is 13.2. The third-order valence-corrected chi connectivity index (χ3v) is 5.77. The molecule has 0 atom stereocenters. The van der Waals surface area contributed by atoms with Crippen molar-refractivity contribution in [3.05, 3.63) is 78.3 Å². The highest BCUT2D eigenvalue weighted by molar-refractivity contribution is 7.90. The Kier molecular flexibility index (Phi) is 2.78. The Bertz CT molecular complexity index is 1180. The summed E-state index contributed by atoms with van der Waals surface area (Å²) in [4.78, 5) is 0.255. The molecule has 0 aliphatic carbocycles. The molecule has 23 heavy (non-hydrogen) atoms. The Hall–Kier alpha value is -2.59. The molecule has 0 radical (unpaired) electrons. The van der Waals surface area contributed by atoms with Gasteiger partial charge in [-0.25, -0.2) is 12.4 Å². The van der Waals surface area contributed by atoms with Gasteiger partial charge in [0.1, 0.15) is 0 Å². The first-order chi connectivity index (χ1) is 11.5. The second kappa shape index (κ2) is 4.96. The SMILES string of the molecule is [2H]c1ccc2c(c1)c1ccccc1n2S(=O)(=O)c1ccc(C)cc1. The van der Waals surface area contributed by atoms with E-state index in [9.17, 15) is 8.42 Å². The van der Waals surface area contributed by atoms with E-state index in [1.54, 1.807) is 48.5 Å². The number of rotatable bonds is 2. The molecule has 0 saturated carbocycles. The second-order valence-electron chi connectivity index (χ2n) is 5.54. The van der Waals surface area contributed by atoms with Crippen LogP contribution in [0.2, 0.25) is 0 Å². The molecule has 0 N–H and O–H groups in total. The Balaban J connectivity index is 2.13.